The van der Waals surface area contributed by atoms with Crippen LogP contribution in [0.5, 0.6) is 5.75 Å². The van der Waals surface area contributed by atoms with Crippen molar-refractivity contribution in [1.29, 1.82) is 0 Å². The number of carboxylic acid groups (broad SMARTS) is 1. The maximum atomic E-state index is 14.7. The van der Waals surface area contributed by atoms with Crippen LogP contribution in [0.2, 0.25) is 5.02 Å². The second kappa shape index (κ2) is 15.7. The first kappa shape index (κ1) is 37.2. The number of fused-ring (bicyclic) bond motifs is 1. The van der Waals surface area contributed by atoms with E-state index in [1.54, 1.807) is 18.3 Å². The molecule has 4 aromatic rings. The van der Waals surface area contributed by atoms with Gasteiger partial charge in [0, 0.05) is 35.3 Å². The molecule has 0 bridgehead atoms. The fraction of sp³-hybridized carbons (Fsp3) is 0.333. The molecule has 15 heteroatoms. The molecule has 0 radical (unpaired) electrons. The van der Waals surface area contributed by atoms with Crippen molar-refractivity contribution in [3.63, 3.8) is 0 Å². The van der Waals surface area contributed by atoms with E-state index in [0.717, 1.165) is 65.8 Å². The number of carbonyl (C=O) groups is 2. The van der Waals surface area contributed by atoms with Gasteiger partial charge in [-0.25, -0.2) is 13.6 Å². The highest BCUT2D eigenvalue weighted by molar-refractivity contribution is 7.84. The number of methoxy groups -OCH3 is 1. The molecule has 3 aromatic carbocycles. The van der Waals surface area contributed by atoms with Crippen LogP contribution in [0, 0.1) is 11.6 Å². The minimum atomic E-state index is -5.08. The number of aliphatic carboxylic acids is 1. The smallest absolute Gasteiger partial charge is 0.490 e. The molecule has 258 valence electrons. The number of nitrogens with one attached hydrogen (secondary N) is 1. The fourth-order valence-corrected chi connectivity index (χ4v) is 7.89. The van der Waals surface area contributed by atoms with Gasteiger partial charge in [-0.05, 0) is 74.2 Å². The molecular formula is C33H32ClF5N2O5S2. The summed E-state index contributed by atoms with van der Waals surface area (Å²) in [5.74, 6) is -3.80. The summed E-state index contributed by atoms with van der Waals surface area (Å²) in [4.78, 5) is 25.7. The zero-order chi connectivity index (χ0) is 35.3. The number of ether oxygens (including phenoxy) is 1. The van der Waals surface area contributed by atoms with Crippen molar-refractivity contribution in [2.75, 3.05) is 20.4 Å². The Morgan fingerprint density at radius 3 is 2.25 bits per heavy atom. The van der Waals surface area contributed by atoms with Crippen LogP contribution in [-0.4, -0.2) is 64.8 Å². The highest BCUT2D eigenvalue weighted by atomic mass is 35.5. The van der Waals surface area contributed by atoms with E-state index in [2.05, 4.69) is 5.32 Å². The lowest BCUT2D eigenvalue weighted by molar-refractivity contribution is -0.192. The van der Waals surface area contributed by atoms with Gasteiger partial charge < -0.3 is 20.1 Å². The molecule has 48 heavy (non-hydrogen) atoms. The van der Waals surface area contributed by atoms with Gasteiger partial charge in [0.15, 0.2) is 0 Å². The molecule has 5 rings (SSSR count). The van der Waals surface area contributed by atoms with E-state index in [1.807, 2.05) is 49.5 Å². The lowest BCUT2D eigenvalue weighted by Gasteiger charge is -2.37. The van der Waals surface area contributed by atoms with Crippen LogP contribution in [0.25, 0.3) is 21.2 Å². The van der Waals surface area contributed by atoms with Crippen LogP contribution >= 0.6 is 22.9 Å². The third kappa shape index (κ3) is 8.33. The van der Waals surface area contributed by atoms with Gasteiger partial charge in [-0.3, -0.25) is 9.00 Å². The fourth-order valence-electron chi connectivity index (χ4n) is 5.62. The van der Waals surface area contributed by atoms with Crippen molar-refractivity contribution >= 4 is 55.7 Å². The van der Waals surface area contributed by atoms with Crippen molar-refractivity contribution in [3.8, 4) is 16.9 Å². The summed E-state index contributed by atoms with van der Waals surface area (Å²) in [6.45, 7) is 0.206. The van der Waals surface area contributed by atoms with Gasteiger partial charge in [0.25, 0.3) is 5.91 Å². The molecule has 2 N–H and O–H groups in total. The lowest BCUT2D eigenvalue weighted by Crippen LogP contribution is -2.44. The SMILES string of the molecule is CNC1CCC(N(Cc2cc(-c3ccccc3S(C)=O)ccc2OC)C(=O)c2sc3c(F)ccc(F)c3c2Cl)CC1.O=C(O)C(F)(F)F. The molecule has 1 unspecified atom stereocenters. The molecule has 1 heterocycles. The summed E-state index contributed by atoms with van der Waals surface area (Å²) in [6, 6.07) is 15.6. The highest BCUT2D eigenvalue weighted by Gasteiger charge is 2.38. The number of halogens is 6. The predicted molar refractivity (Wildman–Crippen MR) is 176 cm³/mol. The Bertz CT molecular complexity index is 1830. The first-order valence-electron chi connectivity index (χ1n) is 14.6. The molecule has 1 atom stereocenters. The van der Waals surface area contributed by atoms with Gasteiger partial charge in [0.1, 0.15) is 22.3 Å². The monoisotopic (exact) mass is 730 g/mol. The van der Waals surface area contributed by atoms with Crippen molar-refractivity contribution in [3.05, 3.63) is 81.7 Å². The van der Waals surface area contributed by atoms with Gasteiger partial charge in [0.2, 0.25) is 0 Å². The molecule has 1 saturated carbocycles. The number of rotatable bonds is 8. The topological polar surface area (TPSA) is 95.9 Å². The van der Waals surface area contributed by atoms with Gasteiger partial charge in [-0.1, -0.05) is 35.9 Å². The van der Waals surface area contributed by atoms with E-state index < -0.39 is 34.6 Å². The summed E-state index contributed by atoms with van der Waals surface area (Å²) in [5.41, 5.74) is 2.45. The van der Waals surface area contributed by atoms with Crippen molar-refractivity contribution in [1.82, 2.24) is 10.2 Å². The van der Waals surface area contributed by atoms with E-state index in [-0.39, 0.29) is 38.5 Å². The minimum Gasteiger partial charge on any atom is -0.496 e. The van der Waals surface area contributed by atoms with Crippen molar-refractivity contribution in [2.45, 2.75) is 55.4 Å². The molecule has 0 aliphatic heterocycles. The Kier molecular flexibility index (Phi) is 12.2. The maximum Gasteiger partial charge on any atom is 0.490 e. The zero-order valence-corrected chi connectivity index (χ0v) is 28.4. The van der Waals surface area contributed by atoms with Gasteiger partial charge in [0.05, 0.1) is 33.0 Å². The average molecular weight is 731 g/mol. The lowest BCUT2D eigenvalue weighted by atomic mass is 9.89. The van der Waals surface area contributed by atoms with Crippen LogP contribution in [0.3, 0.4) is 0 Å². The molecule has 1 fully saturated rings. The molecule has 1 aliphatic carbocycles. The van der Waals surface area contributed by atoms with E-state index in [0.29, 0.717) is 16.7 Å². The Morgan fingerprint density at radius 2 is 1.69 bits per heavy atom. The number of thiophene rings is 1. The van der Waals surface area contributed by atoms with Gasteiger partial charge >= 0.3 is 12.1 Å². The molecule has 1 aromatic heterocycles. The molecule has 0 saturated heterocycles. The molecule has 7 nitrogen and oxygen atoms in total. The number of alkyl halides is 3. The van der Waals surface area contributed by atoms with E-state index in [9.17, 15) is 31.0 Å². The third-order valence-electron chi connectivity index (χ3n) is 8.05. The average Bonchev–Trinajstić information content (AvgIpc) is 3.43. The summed E-state index contributed by atoms with van der Waals surface area (Å²) < 4.78 is 79.2. The van der Waals surface area contributed by atoms with E-state index >= 15 is 0 Å². The predicted octanol–water partition coefficient (Wildman–Crippen LogP) is 8.05. The van der Waals surface area contributed by atoms with Crippen LogP contribution in [0.4, 0.5) is 22.0 Å². The van der Waals surface area contributed by atoms with Crippen LogP contribution in [0.1, 0.15) is 40.9 Å². The third-order valence-corrected chi connectivity index (χ3v) is 10.7. The molecule has 1 aliphatic rings. The number of benzene rings is 3. The Balaban J connectivity index is 0.000000671. The Labute approximate surface area is 285 Å². The normalized spacial score (nSPS) is 16.9. The maximum absolute atomic E-state index is 14.7. The number of amides is 1. The largest absolute Gasteiger partial charge is 0.496 e. The Hall–Kier alpha value is -3.59. The summed E-state index contributed by atoms with van der Waals surface area (Å²) >= 11 is 7.44. The number of hydrogen-bond donors (Lipinski definition) is 2. The van der Waals surface area contributed by atoms with Crippen LogP contribution < -0.4 is 10.1 Å². The van der Waals surface area contributed by atoms with Crippen molar-refractivity contribution < 1.29 is 45.6 Å². The molecule has 0 spiro atoms. The standard InChI is InChI=1S/C31H31ClF2N2O3S2.C2HF3O2/c1-35-20-9-11-21(12-10-20)36(31(37)30-28(32)27-23(33)13-14-24(34)29(27)40-30)17-19-16-18(8-15-25(19)39-2)22-6-4-5-7-26(22)41(3)38;3-2(4,5)1(6)7/h4-8,13-16,20-21,35H,9-12,17H2,1-3H3;(H,6,7). The number of nitrogens with zero attached hydrogens (tertiary/aromatic N) is 1. The van der Waals surface area contributed by atoms with Gasteiger partial charge in [-0.2, -0.15) is 13.2 Å². The second-order valence-corrected chi connectivity index (χ2v) is 13.7. The summed E-state index contributed by atoms with van der Waals surface area (Å²) in [7, 11) is 2.31. The second-order valence-electron chi connectivity index (χ2n) is 11.0. The molecular weight excluding hydrogens is 699 g/mol. The van der Waals surface area contributed by atoms with Crippen LogP contribution in [0.15, 0.2) is 59.5 Å². The van der Waals surface area contributed by atoms with E-state index in [4.69, 9.17) is 26.2 Å². The summed E-state index contributed by atoms with van der Waals surface area (Å²) in [6.07, 6.45) is -0.127. The zero-order valence-electron chi connectivity index (χ0n) is 26.0. The quantitative estimate of drug-likeness (QED) is 0.178. The Morgan fingerprint density at radius 1 is 1.06 bits per heavy atom. The van der Waals surface area contributed by atoms with Crippen LogP contribution in [-0.2, 0) is 22.1 Å². The van der Waals surface area contributed by atoms with E-state index in [1.165, 1.54) is 0 Å². The molecule has 1 amide bonds. The first-order valence-corrected chi connectivity index (χ1v) is 17.4. The highest BCUT2D eigenvalue weighted by Crippen LogP contribution is 2.41. The summed E-state index contributed by atoms with van der Waals surface area (Å²) in [5, 5.41) is 10.3. The minimum absolute atomic E-state index is 0.0287. The number of hydrogen-bond acceptors (Lipinski definition) is 6. The first-order chi connectivity index (χ1) is 22.7. The van der Waals surface area contributed by atoms with Crippen molar-refractivity contribution in [2.24, 2.45) is 0 Å². The van der Waals surface area contributed by atoms with Gasteiger partial charge in [-0.15, -0.1) is 11.3 Å². The number of carboxylic acids is 1. The number of carbonyl (C=O) groups excluding carboxylic acids is 1.